The third-order valence-corrected chi connectivity index (χ3v) is 4.85. The number of carboxylic acid groups (broad SMARTS) is 1. The molecule has 0 radical (unpaired) electrons. The molecule has 1 aliphatic heterocycles. The van der Waals surface area contributed by atoms with Gasteiger partial charge in [-0.05, 0) is 55.3 Å². The second-order valence-corrected chi connectivity index (χ2v) is 6.66. The largest absolute Gasteiger partial charge is 0.478 e. The van der Waals surface area contributed by atoms with Crippen molar-refractivity contribution in [3.05, 3.63) is 59.4 Å². The molecule has 1 heterocycles. The number of piperidine rings is 1. The number of nitrogens with one attached hydrogen (secondary N) is 1. The number of aromatic carboxylic acids is 1. The Balaban J connectivity index is 1.78. The number of carbonyl (C=O) groups is 3. The van der Waals surface area contributed by atoms with E-state index in [9.17, 15) is 23.9 Å². The number of nitrogens with two attached hydrogens (primary N) is 1. The van der Waals surface area contributed by atoms with Crippen molar-refractivity contribution in [1.82, 2.24) is 0 Å². The molecule has 0 spiro atoms. The van der Waals surface area contributed by atoms with E-state index in [4.69, 9.17) is 5.73 Å². The summed E-state index contributed by atoms with van der Waals surface area (Å²) in [7, 11) is 0. The molecule has 2 aromatic rings. The van der Waals surface area contributed by atoms with E-state index < -0.39 is 17.7 Å². The number of carboxylic acids is 1. The number of rotatable bonds is 5. The summed E-state index contributed by atoms with van der Waals surface area (Å²) in [5.41, 5.74) is 6.35. The quantitative estimate of drug-likeness (QED) is 0.732. The molecule has 146 valence electrons. The van der Waals surface area contributed by atoms with Gasteiger partial charge in [0.2, 0.25) is 5.91 Å². The number of anilines is 2. The Kier molecular flexibility index (Phi) is 5.58. The Morgan fingerprint density at radius 2 is 1.71 bits per heavy atom. The third kappa shape index (κ3) is 4.28. The maximum atomic E-state index is 13.0. The molecule has 2 amide bonds. The van der Waals surface area contributed by atoms with E-state index in [1.165, 1.54) is 24.3 Å². The monoisotopic (exact) mass is 385 g/mol. The first kappa shape index (κ1) is 19.3. The molecule has 0 bridgehead atoms. The van der Waals surface area contributed by atoms with Gasteiger partial charge in [-0.2, -0.15) is 0 Å². The molecule has 8 heteroatoms. The number of benzene rings is 2. The van der Waals surface area contributed by atoms with Crippen molar-refractivity contribution in [2.45, 2.75) is 12.8 Å². The van der Waals surface area contributed by atoms with Gasteiger partial charge >= 0.3 is 5.97 Å². The molecular formula is C20H20FN3O4. The van der Waals surface area contributed by atoms with Gasteiger partial charge in [-0.25, -0.2) is 9.18 Å². The molecular weight excluding hydrogens is 365 g/mol. The summed E-state index contributed by atoms with van der Waals surface area (Å²) in [5.74, 6) is -2.65. The van der Waals surface area contributed by atoms with Crippen LogP contribution < -0.4 is 16.0 Å². The number of halogens is 1. The highest BCUT2D eigenvalue weighted by Gasteiger charge is 2.24. The summed E-state index contributed by atoms with van der Waals surface area (Å²) >= 11 is 0. The zero-order chi connectivity index (χ0) is 20.3. The first-order valence-electron chi connectivity index (χ1n) is 8.83. The highest BCUT2D eigenvalue weighted by molar-refractivity contribution is 6.08. The van der Waals surface area contributed by atoms with Crippen LogP contribution in [-0.2, 0) is 4.79 Å². The molecule has 28 heavy (non-hydrogen) atoms. The van der Waals surface area contributed by atoms with Crippen molar-refractivity contribution in [1.29, 1.82) is 0 Å². The molecule has 1 saturated heterocycles. The van der Waals surface area contributed by atoms with E-state index in [0.29, 0.717) is 31.6 Å². The Labute approximate surface area is 160 Å². The average Bonchev–Trinajstić information content (AvgIpc) is 2.68. The smallest absolute Gasteiger partial charge is 0.337 e. The summed E-state index contributed by atoms with van der Waals surface area (Å²) in [6.07, 6.45) is 1.22. The summed E-state index contributed by atoms with van der Waals surface area (Å²) in [5, 5.41) is 12.1. The van der Waals surface area contributed by atoms with Crippen molar-refractivity contribution in [2.24, 2.45) is 11.7 Å². The molecule has 4 N–H and O–H groups in total. The van der Waals surface area contributed by atoms with Gasteiger partial charge in [0.1, 0.15) is 5.82 Å². The van der Waals surface area contributed by atoms with E-state index in [1.807, 2.05) is 4.90 Å². The molecule has 0 atom stereocenters. The number of hydrogen-bond donors (Lipinski definition) is 3. The Hall–Kier alpha value is -3.42. The van der Waals surface area contributed by atoms with Crippen LogP contribution in [0.1, 0.15) is 33.6 Å². The average molecular weight is 385 g/mol. The fourth-order valence-corrected chi connectivity index (χ4v) is 3.23. The molecule has 0 aromatic heterocycles. The zero-order valence-corrected chi connectivity index (χ0v) is 15.0. The zero-order valence-electron chi connectivity index (χ0n) is 15.0. The van der Waals surface area contributed by atoms with Gasteiger partial charge in [-0.1, -0.05) is 0 Å². The number of hydrogen-bond acceptors (Lipinski definition) is 4. The summed E-state index contributed by atoms with van der Waals surface area (Å²) in [6, 6.07) is 9.70. The van der Waals surface area contributed by atoms with Gasteiger partial charge in [-0.3, -0.25) is 9.59 Å². The third-order valence-electron chi connectivity index (χ3n) is 4.85. The summed E-state index contributed by atoms with van der Waals surface area (Å²) < 4.78 is 13.0. The lowest BCUT2D eigenvalue weighted by Gasteiger charge is -2.32. The molecule has 1 aliphatic rings. The lowest BCUT2D eigenvalue weighted by molar-refractivity contribution is -0.122. The predicted octanol–water partition coefficient (Wildman–Crippen LogP) is 2.48. The van der Waals surface area contributed by atoms with Crippen molar-refractivity contribution in [3.8, 4) is 0 Å². The van der Waals surface area contributed by atoms with Crippen LogP contribution in [0, 0.1) is 11.7 Å². The Bertz CT molecular complexity index is 906. The molecule has 1 fully saturated rings. The maximum absolute atomic E-state index is 13.0. The van der Waals surface area contributed by atoms with Crippen LogP contribution in [0.5, 0.6) is 0 Å². The maximum Gasteiger partial charge on any atom is 0.337 e. The predicted molar refractivity (Wildman–Crippen MR) is 102 cm³/mol. The first-order chi connectivity index (χ1) is 13.3. The number of carbonyl (C=O) groups excluding carboxylic acids is 2. The van der Waals surface area contributed by atoms with Gasteiger partial charge in [0.05, 0.1) is 11.3 Å². The molecule has 0 aliphatic carbocycles. The van der Waals surface area contributed by atoms with Gasteiger partial charge < -0.3 is 21.1 Å². The van der Waals surface area contributed by atoms with Crippen molar-refractivity contribution < 1.29 is 23.9 Å². The standard InChI is InChI=1S/C20H20FN3O4/c21-14-3-1-13(2-4-14)19(26)23-17-6-5-15(11-16(17)20(27)28)24-9-7-12(8-10-24)18(22)25/h1-6,11-12H,7-10H2,(H2,22,25)(H,23,26)(H,27,28). The van der Waals surface area contributed by atoms with Crippen LogP contribution in [-0.4, -0.2) is 36.0 Å². The van der Waals surface area contributed by atoms with E-state index in [-0.39, 0.29) is 28.6 Å². The number of nitrogens with zero attached hydrogens (tertiary/aromatic N) is 1. The number of amides is 2. The van der Waals surface area contributed by atoms with Gasteiger partial charge in [0.15, 0.2) is 0 Å². The molecule has 3 rings (SSSR count). The summed E-state index contributed by atoms with van der Waals surface area (Å²) in [6.45, 7) is 1.18. The first-order valence-corrected chi connectivity index (χ1v) is 8.83. The van der Waals surface area contributed by atoms with Gasteiger partial charge in [0, 0.05) is 30.3 Å². The highest BCUT2D eigenvalue weighted by Crippen LogP contribution is 2.28. The molecule has 0 unspecified atom stereocenters. The Morgan fingerprint density at radius 1 is 1.07 bits per heavy atom. The van der Waals surface area contributed by atoms with Crippen LogP contribution in [0.4, 0.5) is 15.8 Å². The van der Waals surface area contributed by atoms with Gasteiger partial charge in [-0.15, -0.1) is 0 Å². The fourth-order valence-electron chi connectivity index (χ4n) is 3.23. The fraction of sp³-hybridized carbons (Fsp3) is 0.250. The second-order valence-electron chi connectivity index (χ2n) is 6.66. The van der Waals surface area contributed by atoms with Crippen LogP contribution in [0.15, 0.2) is 42.5 Å². The number of primary amides is 1. The second kappa shape index (κ2) is 8.08. The van der Waals surface area contributed by atoms with E-state index in [1.54, 1.807) is 6.07 Å². The van der Waals surface area contributed by atoms with Crippen molar-refractivity contribution in [2.75, 3.05) is 23.3 Å². The molecule has 2 aromatic carbocycles. The molecule has 0 saturated carbocycles. The van der Waals surface area contributed by atoms with Crippen molar-refractivity contribution in [3.63, 3.8) is 0 Å². The lowest BCUT2D eigenvalue weighted by Crippen LogP contribution is -2.38. The van der Waals surface area contributed by atoms with E-state index >= 15 is 0 Å². The van der Waals surface area contributed by atoms with Crippen molar-refractivity contribution >= 4 is 29.2 Å². The normalized spacial score (nSPS) is 14.5. The molecule has 7 nitrogen and oxygen atoms in total. The van der Waals surface area contributed by atoms with Crippen LogP contribution >= 0.6 is 0 Å². The minimum absolute atomic E-state index is 0.0509. The van der Waals surface area contributed by atoms with E-state index in [2.05, 4.69) is 5.32 Å². The van der Waals surface area contributed by atoms with Gasteiger partial charge in [0.25, 0.3) is 5.91 Å². The minimum Gasteiger partial charge on any atom is -0.478 e. The topological polar surface area (TPSA) is 113 Å². The van der Waals surface area contributed by atoms with Crippen LogP contribution in [0.2, 0.25) is 0 Å². The van der Waals surface area contributed by atoms with Crippen LogP contribution in [0.25, 0.3) is 0 Å². The van der Waals surface area contributed by atoms with E-state index in [0.717, 1.165) is 12.1 Å². The van der Waals surface area contributed by atoms with Crippen LogP contribution in [0.3, 0.4) is 0 Å². The summed E-state index contributed by atoms with van der Waals surface area (Å²) in [4.78, 5) is 37.3. The SMILES string of the molecule is NC(=O)C1CCN(c2ccc(NC(=O)c3ccc(F)cc3)c(C(=O)O)c2)CC1. The lowest BCUT2D eigenvalue weighted by atomic mass is 9.95. The minimum atomic E-state index is -1.18. The highest BCUT2D eigenvalue weighted by atomic mass is 19.1. The Morgan fingerprint density at radius 3 is 2.29 bits per heavy atom.